The third-order valence-corrected chi connectivity index (χ3v) is 5.95. The molecule has 156 valence electrons. The summed E-state index contributed by atoms with van der Waals surface area (Å²) in [6, 6.07) is 9.52. The Kier molecular flexibility index (Phi) is 6.72. The van der Waals surface area contributed by atoms with Crippen molar-refractivity contribution in [2.75, 3.05) is 26.2 Å². The molecule has 0 radical (unpaired) electrons. The number of benzene rings is 1. The Morgan fingerprint density at radius 3 is 2.41 bits per heavy atom. The van der Waals surface area contributed by atoms with Gasteiger partial charge in [0.25, 0.3) is 0 Å². The van der Waals surface area contributed by atoms with Crippen molar-refractivity contribution in [3.05, 3.63) is 47.2 Å². The molecule has 0 aliphatic carbocycles. The molecule has 2 aliphatic heterocycles. The molecule has 1 atom stereocenters. The lowest BCUT2D eigenvalue weighted by molar-refractivity contribution is -0.143. The van der Waals surface area contributed by atoms with Gasteiger partial charge in [0.2, 0.25) is 11.8 Å². The first kappa shape index (κ1) is 21.1. The largest absolute Gasteiger partial charge is 0.463 e. The Morgan fingerprint density at radius 1 is 1.14 bits per heavy atom. The molecule has 29 heavy (non-hydrogen) atoms. The maximum atomic E-state index is 13.0. The lowest BCUT2D eigenvalue weighted by Gasteiger charge is -2.36. The monoisotopic (exact) mass is 398 g/mol. The van der Waals surface area contributed by atoms with Crippen molar-refractivity contribution in [1.29, 1.82) is 0 Å². The summed E-state index contributed by atoms with van der Waals surface area (Å²) in [5, 5.41) is 0. The second-order valence-corrected chi connectivity index (χ2v) is 7.93. The third kappa shape index (κ3) is 4.69. The number of allylic oxidation sites excluding steroid dienone is 1. The normalized spacial score (nSPS) is 20.8. The summed E-state index contributed by atoms with van der Waals surface area (Å²) in [5.74, 6) is -0.353. The zero-order valence-corrected chi connectivity index (χ0v) is 17.5. The van der Waals surface area contributed by atoms with Crippen LogP contribution in [0.5, 0.6) is 0 Å². The van der Waals surface area contributed by atoms with Crippen molar-refractivity contribution in [2.45, 2.75) is 46.0 Å². The van der Waals surface area contributed by atoms with Crippen molar-refractivity contribution in [2.24, 2.45) is 5.92 Å². The molecular formula is C23H30N2O4. The van der Waals surface area contributed by atoms with Gasteiger partial charge in [0.05, 0.1) is 12.2 Å². The van der Waals surface area contributed by atoms with Gasteiger partial charge in [-0.25, -0.2) is 4.79 Å². The van der Waals surface area contributed by atoms with E-state index < -0.39 is 5.97 Å². The summed E-state index contributed by atoms with van der Waals surface area (Å²) in [5.41, 5.74) is 1.89. The van der Waals surface area contributed by atoms with Crippen LogP contribution in [0.3, 0.4) is 0 Å². The average Bonchev–Trinajstić information content (AvgIpc) is 2.71. The van der Waals surface area contributed by atoms with E-state index in [1.54, 1.807) is 13.8 Å². The maximum Gasteiger partial charge on any atom is 0.336 e. The van der Waals surface area contributed by atoms with Crippen LogP contribution >= 0.6 is 0 Å². The highest BCUT2D eigenvalue weighted by Crippen LogP contribution is 2.37. The molecule has 1 aromatic rings. The Balaban J connectivity index is 1.87. The van der Waals surface area contributed by atoms with E-state index in [-0.39, 0.29) is 37.3 Å². The van der Waals surface area contributed by atoms with E-state index in [4.69, 9.17) is 4.74 Å². The molecular weight excluding hydrogens is 368 g/mol. The molecule has 1 saturated heterocycles. The lowest BCUT2D eigenvalue weighted by Crippen LogP contribution is -2.47. The fraction of sp³-hybridized carbons (Fsp3) is 0.522. The third-order valence-electron chi connectivity index (χ3n) is 5.95. The number of esters is 1. The molecule has 2 amide bonds. The molecule has 1 unspecified atom stereocenters. The van der Waals surface area contributed by atoms with E-state index in [1.807, 2.05) is 35.2 Å². The number of ether oxygens (including phenoxy) is 1. The smallest absolute Gasteiger partial charge is 0.336 e. The second kappa shape index (κ2) is 9.25. The van der Waals surface area contributed by atoms with Crippen molar-refractivity contribution in [3.8, 4) is 0 Å². The lowest BCUT2D eigenvalue weighted by atomic mass is 9.83. The summed E-state index contributed by atoms with van der Waals surface area (Å²) in [4.78, 5) is 41.8. The highest BCUT2D eigenvalue weighted by atomic mass is 16.5. The SMILES string of the molecule is CCOC(=O)C1=C(C)N(CC(=O)N2CCC(C)CC2)C(=O)CC1c1ccccc1. The highest BCUT2D eigenvalue weighted by molar-refractivity contribution is 5.97. The average molecular weight is 399 g/mol. The number of hydrogen-bond acceptors (Lipinski definition) is 4. The molecule has 6 nitrogen and oxygen atoms in total. The first-order valence-corrected chi connectivity index (χ1v) is 10.4. The minimum atomic E-state index is -0.421. The van der Waals surface area contributed by atoms with Crippen molar-refractivity contribution < 1.29 is 19.1 Å². The molecule has 0 aromatic heterocycles. The van der Waals surface area contributed by atoms with Crippen LogP contribution in [0.1, 0.15) is 51.5 Å². The number of rotatable bonds is 5. The van der Waals surface area contributed by atoms with Crippen LogP contribution in [-0.2, 0) is 19.1 Å². The Labute approximate surface area is 172 Å². The topological polar surface area (TPSA) is 66.9 Å². The number of amides is 2. The number of nitrogens with zero attached hydrogens (tertiary/aromatic N) is 2. The van der Waals surface area contributed by atoms with Crippen LogP contribution in [-0.4, -0.2) is 53.8 Å². The van der Waals surface area contributed by atoms with Crippen molar-refractivity contribution in [3.63, 3.8) is 0 Å². The van der Waals surface area contributed by atoms with Gasteiger partial charge in [-0.1, -0.05) is 37.3 Å². The van der Waals surface area contributed by atoms with Crippen LogP contribution in [0.15, 0.2) is 41.6 Å². The highest BCUT2D eigenvalue weighted by Gasteiger charge is 2.38. The Hall–Kier alpha value is -2.63. The summed E-state index contributed by atoms with van der Waals surface area (Å²) in [6.07, 6.45) is 2.12. The van der Waals surface area contributed by atoms with Crippen LogP contribution in [0, 0.1) is 5.92 Å². The van der Waals surface area contributed by atoms with Gasteiger partial charge >= 0.3 is 5.97 Å². The summed E-state index contributed by atoms with van der Waals surface area (Å²) in [6.45, 7) is 7.38. The first-order valence-electron chi connectivity index (χ1n) is 10.4. The molecule has 6 heteroatoms. The van der Waals surface area contributed by atoms with Gasteiger partial charge in [0.1, 0.15) is 6.54 Å². The molecule has 2 aliphatic rings. The van der Waals surface area contributed by atoms with E-state index in [0.29, 0.717) is 17.2 Å². The molecule has 1 fully saturated rings. The quantitative estimate of drug-likeness (QED) is 0.715. The predicted molar refractivity (Wildman–Crippen MR) is 110 cm³/mol. The number of likely N-dealkylation sites (tertiary alicyclic amines) is 1. The number of carbonyl (C=O) groups excluding carboxylic acids is 3. The molecule has 1 aromatic carbocycles. The number of hydrogen-bond donors (Lipinski definition) is 0. The van der Waals surface area contributed by atoms with Gasteiger partial charge in [-0.3, -0.25) is 9.59 Å². The van der Waals surface area contributed by atoms with E-state index in [0.717, 1.165) is 31.5 Å². The van der Waals surface area contributed by atoms with Gasteiger partial charge < -0.3 is 14.5 Å². The Morgan fingerprint density at radius 2 is 1.79 bits per heavy atom. The van der Waals surface area contributed by atoms with Gasteiger partial charge in [-0.15, -0.1) is 0 Å². The fourth-order valence-electron chi connectivity index (χ4n) is 4.14. The van der Waals surface area contributed by atoms with E-state index in [9.17, 15) is 14.4 Å². The van der Waals surface area contributed by atoms with Gasteiger partial charge in [0, 0.05) is 31.1 Å². The molecule has 2 heterocycles. The summed E-state index contributed by atoms with van der Waals surface area (Å²) in [7, 11) is 0. The molecule has 0 bridgehead atoms. The number of carbonyl (C=O) groups is 3. The maximum absolute atomic E-state index is 13.0. The predicted octanol–water partition coefficient (Wildman–Crippen LogP) is 3.10. The molecule has 0 spiro atoms. The van der Waals surface area contributed by atoms with Crippen LogP contribution in [0.2, 0.25) is 0 Å². The van der Waals surface area contributed by atoms with E-state index in [2.05, 4.69) is 6.92 Å². The van der Waals surface area contributed by atoms with Crippen molar-refractivity contribution >= 4 is 17.8 Å². The molecule has 3 rings (SSSR count). The van der Waals surface area contributed by atoms with Gasteiger partial charge in [0.15, 0.2) is 0 Å². The minimum absolute atomic E-state index is 0.0243. The Bertz CT molecular complexity index is 794. The standard InChI is InChI=1S/C23H30N2O4/c1-4-29-23(28)22-17(3)25(15-21(27)24-12-10-16(2)11-13-24)20(26)14-19(22)18-8-6-5-7-9-18/h5-9,16,19H,4,10-15H2,1-3H3. The van der Waals surface area contributed by atoms with Crippen LogP contribution < -0.4 is 0 Å². The van der Waals surface area contributed by atoms with Crippen molar-refractivity contribution in [1.82, 2.24) is 9.80 Å². The van der Waals surface area contributed by atoms with Crippen LogP contribution in [0.25, 0.3) is 0 Å². The molecule has 0 saturated carbocycles. The summed E-state index contributed by atoms with van der Waals surface area (Å²) < 4.78 is 5.29. The van der Waals surface area contributed by atoms with E-state index in [1.165, 1.54) is 4.90 Å². The molecule has 0 N–H and O–H groups in total. The van der Waals surface area contributed by atoms with Crippen LogP contribution in [0.4, 0.5) is 0 Å². The fourth-order valence-corrected chi connectivity index (χ4v) is 4.14. The zero-order chi connectivity index (χ0) is 21.0. The van der Waals surface area contributed by atoms with Gasteiger partial charge in [-0.05, 0) is 38.2 Å². The summed E-state index contributed by atoms with van der Waals surface area (Å²) >= 11 is 0. The second-order valence-electron chi connectivity index (χ2n) is 7.93. The zero-order valence-electron chi connectivity index (χ0n) is 17.5. The first-order chi connectivity index (χ1) is 13.9. The number of piperidine rings is 1. The van der Waals surface area contributed by atoms with Gasteiger partial charge in [-0.2, -0.15) is 0 Å². The minimum Gasteiger partial charge on any atom is -0.463 e. The van der Waals surface area contributed by atoms with E-state index >= 15 is 0 Å².